The molecule has 0 saturated heterocycles. The molecule has 4 aromatic rings. The minimum atomic E-state index is 0.621. The highest BCUT2D eigenvalue weighted by Crippen LogP contribution is 2.23. The molecule has 0 atom stereocenters. The summed E-state index contributed by atoms with van der Waals surface area (Å²) in [5, 5.41) is 3.35. The molecule has 4 rings (SSSR count). The summed E-state index contributed by atoms with van der Waals surface area (Å²) in [6, 6.07) is 37.1. The molecule has 0 radical (unpaired) electrons. The molecule has 0 aliphatic rings. The van der Waals surface area contributed by atoms with Gasteiger partial charge in [-0.25, -0.2) is 0 Å². The third kappa shape index (κ3) is 6.21. The normalized spacial score (nSPS) is 10.6. The first-order valence-electron chi connectivity index (χ1n) is 10.7. The van der Waals surface area contributed by atoms with Crippen molar-refractivity contribution < 1.29 is 9.47 Å². The van der Waals surface area contributed by atoms with Crippen LogP contribution in [0.15, 0.2) is 109 Å². The monoisotopic (exact) mass is 409 g/mol. The zero-order chi connectivity index (χ0) is 21.1. The first kappa shape index (κ1) is 20.7. The lowest BCUT2D eigenvalue weighted by Gasteiger charge is -2.10. The van der Waals surface area contributed by atoms with Gasteiger partial charge in [-0.15, -0.1) is 0 Å². The average Bonchev–Trinajstić information content (AvgIpc) is 2.85. The van der Waals surface area contributed by atoms with Gasteiger partial charge in [0.15, 0.2) is 0 Å². The second-order valence-electron chi connectivity index (χ2n) is 7.23. The molecule has 0 unspecified atom stereocenters. The average molecular weight is 410 g/mol. The van der Waals surface area contributed by atoms with E-state index in [4.69, 9.17) is 9.47 Å². The highest BCUT2D eigenvalue weighted by atomic mass is 16.5. The summed E-state index contributed by atoms with van der Waals surface area (Å²) in [6.07, 6.45) is 0. The van der Waals surface area contributed by atoms with Crippen molar-refractivity contribution in [3.8, 4) is 33.8 Å². The quantitative estimate of drug-likeness (QED) is 0.323. The van der Waals surface area contributed by atoms with Gasteiger partial charge in [0.2, 0.25) is 0 Å². The van der Waals surface area contributed by atoms with Crippen LogP contribution in [0.4, 0.5) is 0 Å². The van der Waals surface area contributed by atoms with E-state index in [9.17, 15) is 0 Å². The Hall–Kier alpha value is -3.56. The van der Waals surface area contributed by atoms with Crippen molar-refractivity contribution in [2.24, 2.45) is 0 Å². The number of hydrogen-bond acceptors (Lipinski definition) is 3. The van der Waals surface area contributed by atoms with E-state index < -0.39 is 0 Å². The Balaban J connectivity index is 1.11. The summed E-state index contributed by atoms with van der Waals surface area (Å²) in [4.78, 5) is 0. The molecule has 31 heavy (non-hydrogen) atoms. The van der Waals surface area contributed by atoms with Crippen LogP contribution in [-0.4, -0.2) is 26.3 Å². The largest absolute Gasteiger partial charge is 0.492 e. The Kier molecular flexibility index (Phi) is 7.35. The van der Waals surface area contributed by atoms with Gasteiger partial charge in [-0.3, -0.25) is 0 Å². The molecule has 0 fully saturated rings. The molecule has 0 heterocycles. The van der Waals surface area contributed by atoms with Gasteiger partial charge in [0, 0.05) is 13.1 Å². The van der Waals surface area contributed by atoms with Crippen LogP contribution in [0.5, 0.6) is 11.5 Å². The maximum Gasteiger partial charge on any atom is 0.119 e. The lowest BCUT2D eigenvalue weighted by molar-refractivity contribution is 0.289. The molecule has 3 heteroatoms. The Morgan fingerprint density at radius 1 is 0.419 bits per heavy atom. The van der Waals surface area contributed by atoms with Crippen LogP contribution < -0.4 is 14.8 Å². The molecule has 0 spiro atoms. The van der Waals surface area contributed by atoms with Crippen molar-refractivity contribution in [1.29, 1.82) is 0 Å². The van der Waals surface area contributed by atoms with Crippen LogP contribution in [0.25, 0.3) is 22.3 Å². The maximum absolute atomic E-state index is 5.81. The number of rotatable bonds is 10. The van der Waals surface area contributed by atoms with E-state index in [0.29, 0.717) is 13.2 Å². The minimum absolute atomic E-state index is 0.621. The predicted octanol–water partition coefficient (Wildman–Crippen LogP) is 6.07. The molecule has 1 N–H and O–H groups in total. The summed E-state index contributed by atoms with van der Waals surface area (Å²) in [5.41, 5.74) is 4.82. The maximum atomic E-state index is 5.81. The van der Waals surface area contributed by atoms with Gasteiger partial charge in [0.25, 0.3) is 0 Å². The van der Waals surface area contributed by atoms with Crippen LogP contribution in [0.3, 0.4) is 0 Å². The molecule has 4 aromatic carbocycles. The molecule has 3 nitrogen and oxygen atoms in total. The van der Waals surface area contributed by atoms with E-state index >= 15 is 0 Å². The predicted molar refractivity (Wildman–Crippen MR) is 128 cm³/mol. The van der Waals surface area contributed by atoms with Crippen LogP contribution in [0, 0.1) is 0 Å². The molecule has 156 valence electrons. The van der Waals surface area contributed by atoms with Crippen LogP contribution in [-0.2, 0) is 0 Å². The first-order valence-corrected chi connectivity index (χ1v) is 10.7. The number of hydrogen-bond donors (Lipinski definition) is 1. The van der Waals surface area contributed by atoms with Crippen molar-refractivity contribution in [1.82, 2.24) is 5.32 Å². The Morgan fingerprint density at radius 3 is 1.16 bits per heavy atom. The van der Waals surface area contributed by atoms with Crippen molar-refractivity contribution in [3.63, 3.8) is 0 Å². The summed E-state index contributed by atoms with van der Waals surface area (Å²) >= 11 is 0. The highest BCUT2D eigenvalue weighted by molar-refractivity contribution is 5.64. The van der Waals surface area contributed by atoms with Gasteiger partial charge >= 0.3 is 0 Å². The van der Waals surface area contributed by atoms with Crippen LogP contribution >= 0.6 is 0 Å². The van der Waals surface area contributed by atoms with E-state index in [0.717, 1.165) is 24.6 Å². The second-order valence-corrected chi connectivity index (χ2v) is 7.23. The SMILES string of the molecule is c1ccc(-c2ccc(OCCNCCOc3ccc(-c4ccccc4)cc3)cc2)cc1. The summed E-state index contributed by atoms with van der Waals surface area (Å²) in [7, 11) is 0. The lowest BCUT2D eigenvalue weighted by Crippen LogP contribution is -2.25. The number of nitrogens with one attached hydrogen (secondary N) is 1. The van der Waals surface area contributed by atoms with E-state index in [1.54, 1.807) is 0 Å². The summed E-state index contributed by atoms with van der Waals surface area (Å²) in [6.45, 7) is 2.79. The van der Waals surface area contributed by atoms with Crippen LogP contribution in [0.2, 0.25) is 0 Å². The Morgan fingerprint density at radius 2 is 0.774 bits per heavy atom. The van der Waals surface area contributed by atoms with E-state index in [1.807, 2.05) is 36.4 Å². The van der Waals surface area contributed by atoms with Gasteiger partial charge in [-0.2, -0.15) is 0 Å². The first-order chi connectivity index (χ1) is 15.4. The van der Waals surface area contributed by atoms with Gasteiger partial charge in [0.1, 0.15) is 24.7 Å². The Labute approximate surface area is 184 Å². The lowest BCUT2D eigenvalue weighted by atomic mass is 10.1. The second kappa shape index (κ2) is 11.0. The minimum Gasteiger partial charge on any atom is -0.492 e. The smallest absolute Gasteiger partial charge is 0.119 e. The fourth-order valence-corrected chi connectivity index (χ4v) is 3.36. The van der Waals surface area contributed by atoms with E-state index in [1.165, 1.54) is 22.3 Å². The van der Waals surface area contributed by atoms with Gasteiger partial charge in [0.05, 0.1) is 0 Å². The third-order valence-electron chi connectivity index (χ3n) is 5.02. The molecule has 0 aliphatic heterocycles. The molecule has 0 aliphatic carbocycles. The molecule has 0 bridgehead atoms. The molecule has 0 aromatic heterocycles. The van der Waals surface area contributed by atoms with Gasteiger partial charge in [-0.05, 0) is 46.5 Å². The Bertz CT molecular complexity index is 943. The third-order valence-corrected chi connectivity index (χ3v) is 5.02. The number of ether oxygens (including phenoxy) is 2. The molecule has 0 saturated carbocycles. The molecular formula is C28H27NO2. The number of benzene rings is 4. The molecular weight excluding hydrogens is 382 g/mol. The van der Waals surface area contributed by atoms with Crippen LogP contribution in [0.1, 0.15) is 0 Å². The van der Waals surface area contributed by atoms with Crippen molar-refractivity contribution >= 4 is 0 Å². The topological polar surface area (TPSA) is 30.5 Å². The van der Waals surface area contributed by atoms with Gasteiger partial charge in [-0.1, -0.05) is 84.9 Å². The summed E-state index contributed by atoms with van der Waals surface area (Å²) in [5.74, 6) is 1.77. The van der Waals surface area contributed by atoms with Crippen molar-refractivity contribution in [3.05, 3.63) is 109 Å². The van der Waals surface area contributed by atoms with E-state index in [-0.39, 0.29) is 0 Å². The van der Waals surface area contributed by atoms with Gasteiger partial charge < -0.3 is 14.8 Å². The highest BCUT2D eigenvalue weighted by Gasteiger charge is 2.00. The summed E-state index contributed by atoms with van der Waals surface area (Å²) < 4.78 is 11.6. The fourth-order valence-electron chi connectivity index (χ4n) is 3.36. The van der Waals surface area contributed by atoms with E-state index in [2.05, 4.69) is 78.1 Å². The van der Waals surface area contributed by atoms with Crippen molar-refractivity contribution in [2.45, 2.75) is 0 Å². The zero-order valence-corrected chi connectivity index (χ0v) is 17.5. The fraction of sp³-hybridized carbons (Fsp3) is 0.143. The molecule has 0 amide bonds. The zero-order valence-electron chi connectivity index (χ0n) is 17.5. The standard InChI is InChI=1S/C28H27NO2/c1-3-7-23(8-4-1)25-11-15-27(16-12-25)30-21-19-29-20-22-31-28-17-13-26(14-18-28)24-9-5-2-6-10-24/h1-18,29H,19-22H2. The van der Waals surface area contributed by atoms with Crippen molar-refractivity contribution in [2.75, 3.05) is 26.3 Å².